The van der Waals surface area contributed by atoms with Gasteiger partial charge in [0.25, 0.3) is 5.91 Å². The molecule has 1 amide bonds. The molecule has 8 heteroatoms. The van der Waals surface area contributed by atoms with Crippen molar-refractivity contribution >= 4 is 34.4 Å². The van der Waals surface area contributed by atoms with E-state index in [1.54, 1.807) is 23.7 Å². The van der Waals surface area contributed by atoms with Gasteiger partial charge in [0.1, 0.15) is 11.6 Å². The molecule has 0 saturated heterocycles. The highest BCUT2D eigenvalue weighted by Gasteiger charge is 2.13. The zero-order valence-corrected chi connectivity index (χ0v) is 14.7. The minimum absolute atomic E-state index is 0.0161. The highest BCUT2D eigenvalue weighted by Crippen LogP contribution is 2.16. The van der Waals surface area contributed by atoms with Crippen LogP contribution in [0.15, 0.2) is 34.7 Å². The topological polar surface area (TPSA) is 102 Å². The second kappa shape index (κ2) is 7.78. The second-order valence-electron chi connectivity index (χ2n) is 6.10. The molecular weight excluding hydrogens is 326 g/mol. The summed E-state index contributed by atoms with van der Waals surface area (Å²) in [5.41, 5.74) is 8.95. The van der Waals surface area contributed by atoms with Crippen LogP contribution in [0.5, 0.6) is 5.75 Å². The molecule has 0 aliphatic heterocycles. The van der Waals surface area contributed by atoms with Crippen molar-refractivity contribution in [3.63, 3.8) is 0 Å². The molecule has 1 heterocycles. The van der Waals surface area contributed by atoms with Crippen molar-refractivity contribution in [1.82, 2.24) is 10.3 Å². The first-order valence-electron chi connectivity index (χ1n) is 7.36. The lowest BCUT2D eigenvalue weighted by atomic mass is 10.1. The number of hydrogen-bond acceptors (Lipinski definition) is 7. The summed E-state index contributed by atoms with van der Waals surface area (Å²) in [6, 6.07) is 7.26. The number of benzene rings is 1. The number of hydrazone groups is 1. The van der Waals surface area contributed by atoms with E-state index in [4.69, 9.17) is 10.5 Å². The number of rotatable bonds is 6. The van der Waals surface area contributed by atoms with Crippen molar-refractivity contribution in [3.8, 4) is 5.75 Å². The van der Waals surface area contributed by atoms with Crippen LogP contribution >= 0.6 is 11.3 Å². The Labute approximate surface area is 144 Å². The molecule has 1 aromatic heterocycles. The summed E-state index contributed by atoms with van der Waals surface area (Å²) in [6.07, 6.45) is 1.66. The fraction of sp³-hybridized carbons (Fsp3) is 0.312. The molecule has 2 rings (SSSR count). The maximum Gasteiger partial charge on any atom is 0.258 e. The fourth-order valence-corrected chi connectivity index (χ4v) is 2.30. The van der Waals surface area contributed by atoms with E-state index in [2.05, 4.69) is 20.8 Å². The van der Waals surface area contributed by atoms with Crippen molar-refractivity contribution in [2.45, 2.75) is 26.3 Å². The molecule has 0 atom stereocenters. The lowest BCUT2D eigenvalue weighted by molar-refractivity contribution is -0.124. The highest BCUT2D eigenvalue weighted by atomic mass is 32.1. The van der Waals surface area contributed by atoms with Crippen LogP contribution in [0.2, 0.25) is 0 Å². The first-order valence-corrected chi connectivity index (χ1v) is 8.24. The van der Waals surface area contributed by atoms with Crippen LogP contribution < -0.4 is 21.2 Å². The first kappa shape index (κ1) is 17.7. The molecule has 7 nitrogen and oxygen atoms in total. The predicted molar refractivity (Wildman–Crippen MR) is 97.6 cm³/mol. The van der Waals surface area contributed by atoms with Gasteiger partial charge in [-0.15, -0.1) is 11.3 Å². The number of thiazole rings is 1. The summed E-state index contributed by atoms with van der Waals surface area (Å²) in [4.78, 5) is 15.7. The number of ether oxygens (including phenoxy) is 1. The van der Waals surface area contributed by atoms with Crippen LogP contribution in [-0.2, 0) is 4.79 Å². The van der Waals surface area contributed by atoms with E-state index < -0.39 is 0 Å². The number of carbonyl (C=O) groups excluding carboxylic acids is 1. The molecule has 24 heavy (non-hydrogen) atoms. The molecule has 128 valence electrons. The van der Waals surface area contributed by atoms with Crippen molar-refractivity contribution in [1.29, 1.82) is 0 Å². The quantitative estimate of drug-likeness (QED) is 0.550. The van der Waals surface area contributed by atoms with Gasteiger partial charge in [-0.2, -0.15) is 5.10 Å². The molecule has 1 aromatic carbocycles. The fourth-order valence-electron chi connectivity index (χ4n) is 1.75. The van der Waals surface area contributed by atoms with Crippen LogP contribution in [0.3, 0.4) is 0 Å². The van der Waals surface area contributed by atoms with Crippen LogP contribution in [0.25, 0.3) is 0 Å². The average Bonchev–Trinajstić information content (AvgIpc) is 2.90. The Morgan fingerprint density at radius 1 is 1.38 bits per heavy atom. The Morgan fingerprint density at radius 2 is 2.08 bits per heavy atom. The summed E-state index contributed by atoms with van der Waals surface area (Å²) in [6.45, 7) is 5.76. The molecule has 0 aliphatic carbocycles. The monoisotopic (exact) mass is 347 g/mol. The Morgan fingerprint density at radius 3 is 2.67 bits per heavy atom. The minimum atomic E-state index is -0.268. The smallest absolute Gasteiger partial charge is 0.258 e. The SMILES string of the molecule is CC(C)(C)NC(=O)COc1ccc(C=NNc2nc(N)cs2)cc1. The van der Waals surface area contributed by atoms with Crippen LogP contribution in [0, 0.1) is 0 Å². The third-order valence-corrected chi connectivity index (χ3v) is 3.43. The molecule has 0 aliphatic rings. The predicted octanol–water partition coefficient (Wildman–Crippen LogP) is 2.46. The van der Waals surface area contributed by atoms with Crippen LogP contribution in [0.4, 0.5) is 10.9 Å². The van der Waals surface area contributed by atoms with Crippen LogP contribution in [0.1, 0.15) is 26.3 Å². The van der Waals surface area contributed by atoms with Crippen molar-refractivity contribution in [3.05, 3.63) is 35.2 Å². The summed E-state index contributed by atoms with van der Waals surface area (Å²) >= 11 is 1.38. The highest BCUT2D eigenvalue weighted by molar-refractivity contribution is 7.14. The van der Waals surface area contributed by atoms with Gasteiger partial charge in [0.05, 0.1) is 6.21 Å². The van der Waals surface area contributed by atoms with E-state index in [0.717, 1.165) is 5.56 Å². The summed E-state index contributed by atoms with van der Waals surface area (Å²) in [7, 11) is 0. The number of anilines is 2. The number of nitrogens with one attached hydrogen (secondary N) is 2. The summed E-state index contributed by atoms with van der Waals surface area (Å²) in [5.74, 6) is 0.937. The third-order valence-electron chi connectivity index (χ3n) is 2.66. The zero-order valence-electron chi connectivity index (χ0n) is 13.9. The maximum absolute atomic E-state index is 11.7. The zero-order chi connectivity index (χ0) is 17.6. The van der Waals surface area contributed by atoms with E-state index in [9.17, 15) is 4.79 Å². The molecule has 0 saturated carbocycles. The van der Waals surface area contributed by atoms with Gasteiger partial charge in [-0.25, -0.2) is 4.98 Å². The van der Waals surface area contributed by atoms with Crippen molar-refractivity contribution in [2.75, 3.05) is 17.8 Å². The van der Waals surface area contributed by atoms with Gasteiger partial charge in [0, 0.05) is 10.9 Å². The summed E-state index contributed by atoms with van der Waals surface area (Å²) < 4.78 is 5.45. The normalized spacial score (nSPS) is 11.5. The molecule has 0 fully saturated rings. The van der Waals surface area contributed by atoms with E-state index in [0.29, 0.717) is 16.7 Å². The Hall–Kier alpha value is -2.61. The molecule has 4 N–H and O–H groups in total. The van der Waals surface area contributed by atoms with E-state index in [1.165, 1.54) is 11.3 Å². The lowest BCUT2D eigenvalue weighted by Crippen LogP contribution is -2.43. The van der Waals surface area contributed by atoms with Crippen molar-refractivity contribution < 1.29 is 9.53 Å². The van der Waals surface area contributed by atoms with Gasteiger partial charge in [-0.1, -0.05) is 0 Å². The third kappa shape index (κ3) is 6.25. The molecule has 0 unspecified atom stereocenters. The Balaban J connectivity index is 1.81. The lowest BCUT2D eigenvalue weighted by Gasteiger charge is -2.20. The number of nitrogens with zero attached hydrogens (tertiary/aromatic N) is 2. The van der Waals surface area contributed by atoms with Crippen LogP contribution in [-0.4, -0.2) is 29.3 Å². The second-order valence-corrected chi connectivity index (χ2v) is 6.96. The first-order chi connectivity index (χ1) is 11.3. The molecule has 0 radical (unpaired) electrons. The number of carbonyl (C=O) groups is 1. The van der Waals surface area contributed by atoms with Gasteiger partial charge in [-0.3, -0.25) is 10.2 Å². The van der Waals surface area contributed by atoms with Gasteiger partial charge in [0.2, 0.25) is 5.13 Å². The number of amides is 1. The standard InChI is InChI=1S/C16H21N5O2S/c1-16(2,3)20-14(22)9-23-12-6-4-11(5-7-12)8-18-21-15-19-13(17)10-24-15/h4-8,10H,9,17H2,1-3H3,(H,19,21)(H,20,22). The number of nitrogen functional groups attached to an aromatic ring is 1. The van der Waals surface area contributed by atoms with Gasteiger partial charge in [0.15, 0.2) is 6.61 Å². The number of aromatic nitrogens is 1. The maximum atomic E-state index is 11.7. The summed E-state index contributed by atoms with van der Waals surface area (Å²) in [5, 5.41) is 9.29. The largest absolute Gasteiger partial charge is 0.484 e. The van der Waals surface area contributed by atoms with E-state index in [1.807, 2.05) is 32.9 Å². The Bertz CT molecular complexity index is 704. The van der Waals surface area contributed by atoms with Crippen molar-refractivity contribution in [2.24, 2.45) is 5.10 Å². The molecule has 0 bridgehead atoms. The van der Waals surface area contributed by atoms with Gasteiger partial charge < -0.3 is 15.8 Å². The molecule has 2 aromatic rings. The minimum Gasteiger partial charge on any atom is -0.484 e. The van der Waals surface area contributed by atoms with E-state index in [-0.39, 0.29) is 18.1 Å². The number of nitrogens with two attached hydrogens (primary N) is 1. The van der Waals surface area contributed by atoms with Gasteiger partial charge >= 0.3 is 0 Å². The molecule has 0 spiro atoms. The Kier molecular flexibility index (Phi) is 5.75. The molecular formula is C16H21N5O2S. The van der Waals surface area contributed by atoms with E-state index >= 15 is 0 Å². The number of hydrogen-bond donors (Lipinski definition) is 3. The average molecular weight is 347 g/mol. The van der Waals surface area contributed by atoms with Gasteiger partial charge in [-0.05, 0) is 50.6 Å².